The van der Waals surface area contributed by atoms with Gasteiger partial charge in [0.25, 0.3) is 0 Å². The van der Waals surface area contributed by atoms with Crippen LogP contribution >= 0.6 is 0 Å². The van der Waals surface area contributed by atoms with Gasteiger partial charge >= 0.3 is 5.97 Å². The molecule has 5 nitrogen and oxygen atoms in total. The Kier molecular flexibility index (Phi) is 6.59. The van der Waals surface area contributed by atoms with Gasteiger partial charge in [-0.05, 0) is 36.5 Å². The lowest BCUT2D eigenvalue weighted by Crippen LogP contribution is -2.32. The number of carboxylic acids is 1. The highest BCUT2D eigenvalue weighted by molar-refractivity contribution is 5.88. The molecule has 1 amide bonds. The van der Waals surface area contributed by atoms with Gasteiger partial charge in [0, 0.05) is 6.54 Å². The third-order valence-electron chi connectivity index (χ3n) is 4.33. The molecule has 0 radical (unpaired) electrons. The van der Waals surface area contributed by atoms with Gasteiger partial charge in [-0.2, -0.15) is 0 Å². The first-order chi connectivity index (χ1) is 11.1. The smallest absolute Gasteiger partial charge is 0.335 e. The first kappa shape index (κ1) is 17.5. The van der Waals surface area contributed by atoms with Crippen molar-refractivity contribution in [3.8, 4) is 0 Å². The van der Waals surface area contributed by atoms with Crippen LogP contribution in [0.5, 0.6) is 0 Å². The molecule has 0 saturated heterocycles. The van der Waals surface area contributed by atoms with Crippen LogP contribution in [0.2, 0.25) is 0 Å². The minimum atomic E-state index is -0.984. The zero-order chi connectivity index (χ0) is 16.7. The van der Waals surface area contributed by atoms with E-state index in [9.17, 15) is 9.59 Å². The zero-order valence-electron chi connectivity index (χ0n) is 13.6. The molecular weight excluding hydrogens is 294 g/mol. The van der Waals surface area contributed by atoms with E-state index in [1.807, 2.05) is 0 Å². The van der Waals surface area contributed by atoms with Crippen LogP contribution in [0.25, 0.3) is 0 Å². The summed E-state index contributed by atoms with van der Waals surface area (Å²) in [7, 11) is 0. The first-order valence-corrected chi connectivity index (χ1v) is 8.27. The number of carbonyl (C=O) groups excluding carboxylic acids is 1. The van der Waals surface area contributed by atoms with E-state index in [1.54, 1.807) is 12.1 Å². The van der Waals surface area contributed by atoms with Crippen LogP contribution in [0.4, 0.5) is 0 Å². The highest BCUT2D eigenvalue weighted by atomic mass is 16.5. The predicted octanol–water partition coefficient (Wildman–Crippen LogP) is 2.64. The van der Waals surface area contributed by atoms with Gasteiger partial charge in [-0.15, -0.1) is 0 Å². The molecule has 1 aliphatic carbocycles. The molecule has 0 aromatic heterocycles. The summed E-state index contributed by atoms with van der Waals surface area (Å²) in [5.41, 5.74) is 0.897. The molecule has 1 saturated carbocycles. The second-order valence-corrected chi connectivity index (χ2v) is 6.20. The van der Waals surface area contributed by atoms with Crippen LogP contribution in [0, 0.1) is 5.92 Å². The van der Waals surface area contributed by atoms with Crippen molar-refractivity contribution in [2.24, 2.45) is 5.92 Å². The van der Waals surface area contributed by atoms with Gasteiger partial charge in [0.15, 0.2) is 0 Å². The number of ether oxygens (including phenoxy) is 1. The standard InChI is InChI=1S/C18H25NO4/c1-13-5-2-3-8-16(13)23-10-9-19-17(20)12-14-6-4-7-15(11-14)18(21)22/h4,6-7,11,13,16H,2-3,5,8-10,12H2,1H3,(H,19,20)(H,21,22). The summed E-state index contributed by atoms with van der Waals surface area (Å²) in [5.74, 6) is -0.506. The number of amides is 1. The predicted molar refractivity (Wildman–Crippen MR) is 87.5 cm³/mol. The molecule has 0 aliphatic heterocycles. The molecule has 1 aromatic carbocycles. The monoisotopic (exact) mass is 319 g/mol. The van der Waals surface area contributed by atoms with Gasteiger partial charge in [-0.1, -0.05) is 31.9 Å². The van der Waals surface area contributed by atoms with Crippen molar-refractivity contribution in [2.75, 3.05) is 13.2 Å². The van der Waals surface area contributed by atoms with E-state index in [2.05, 4.69) is 12.2 Å². The largest absolute Gasteiger partial charge is 0.478 e. The van der Waals surface area contributed by atoms with Gasteiger partial charge in [0.1, 0.15) is 0 Å². The Labute approximate surface area is 137 Å². The highest BCUT2D eigenvalue weighted by Gasteiger charge is 2.21. The average Bonchev–Trinajstić information content (AvgIpc) is 2.53. The second kappa shape index (κ2) is 8.67. The number of benzene rings is 1. The number of aromatic carboxylic acids is 1. The Morgan fingerprint density at radius 3 is 2.83 bits per heavy atom. The van der Waals surface area contributed by atoms with Crippen LogP contribution < -0.4 is 5.32 Å². The quantitative estimate of drug-likeness (QED) is 0.758. The molecule has 5 heteroatoms. The lowest BCUT2D eigenvalue weighted by molar-refractivity contribution is -0.120. The van der Waals surface area contributed by atoms with E-state index in [0.717, 1.165) is 6.42 Å². The Morgan fingerprint density at radius 2 is 2.09 bits per heavy atom. The van der Waals surface area contributed by atoms with E-state index in [4.69, 9.17) is 9.84 Å². The number of nitrogens with one attached hydrogen (secondary N) is 1. The molecular formula is C18H25NO4. The second-order valence-electron chi connectivity index (χ2n) is 6.20. The summed E-state index contributed by atoms with van der Waals surface area (Å²) in [6.07, 6.45) is 5.33. The molecule has 2 rings (SSSR count). The topological polar surface area (TPSA) is 75.6 Å². The SMILES string of the molecule is CC1CCCCC1OCCNC(=O)Cc1cccc(C(=O)O)c1. The summed E-state index contributed by atoms with van der Waals surface area (Å²) in [6, 6.07) is 6.46. The average molecular weight is 319 g/mol. The molecule has 1 aliphatic rings. The minimum Gasteiger partial charge on any atom is -0.478 e. The Bertz CT molecular complexity index is 544. The lowest BCUT2D eigenvalue weighted by Gasteiger charge is -2.28. The van der Waals surface area contributed by atoms with Gasteiger partial charge < -0.3 is 15.2 Å². The maximum absolute atomic E-state index is 11.9. The molecule has 2 N–H and O–H groups in total. The normalized spacial score (nSPS) is 20.9. The first-order valence-electron chi connectivity index (χ1n) is 8.27. The highest BCUT2D eigenvalue weighted by Crippen LogP contribution is 2.25. The fourth-order valence-corrected chi connectivity index (χ4v) is 2.99. The van der Waals surface area contributed by atoms with Crippen molar-refractivity contribution < 1.29 is 19.4 Å². The van der Waals surface area contributed by atoms with Crippen LogP contribution in [0.15, 0.2) is 24.3 Å². The van der Waals surface area contributed by atoms with Crippen molar-refractivity contribution in [2.45, 2.75) is 45.1 Å². The number of carboxylic acid groups (broad SMARTS) is 1. The molecule has 0 bridgehead atoms. The summed E-state index contributed by atoms with van der Waals surface area (Å²) in [6.45, 7) is 3.23. The number of carbonyl (C=O) groups is 2. The Morgan fingerprint density at radius 1 is 1.30 bits per heavy atom. The van der Waals surface area contributed by atoms with Crippen molar-refractivity contribution in [1.82, 2.24) is 5.32 Å². The maximum atomic E-state index is 11.9. The molecule has 1 fully saturated rings. The van der Waals surface area contributed by atoms with Crippen molar-refractivity contribution in [3.05, 3.63) is 35.4 Å². The number of rotatable bonds is 7. The fraction of sp³-hybridized carbons (Fsp3) is 0.556. The Balaban J connectivity index is 1.69. The lowest BCUT2D eigenvalue weighted by atomic mass is 9.88. The third kappa shape index (κ3) is 5.67. The maximum Gasteiger partial charge on any atom is 0.335 e. The van der Waals surface area contributed by atoms with Crippen LogP contribution in [-0.4, -0.2) is 36.2 Å². The van der Waals surface area contributed by atoms with Gasteiger partial charge in [0.2, 0.25) is 5.91 Å². The van der Waals surface area contributed by atoms with Gasteiger partial charge in [-0.25, -0.2) is 4.79 Å². The van der Waals surface area contributed by atoms with Crippen molar-refractivity contribution >= 4 is 11.9 Å². The molecule has 0 heterocycles. The van der Waals surface area contributed by atoms with Crippen molar-refractivity contribution in [1.29, 1.82) is 0 Å². The molecule has 1 aromatic rings. The van der Waals surface area contributed by atoms with Gasteiger partial charge in [-0.3, -0.25) is 4.79 Å². The number of hydrogen-bond donors (Lipinski definition) is 2. The van der Waals surface area contributed by atoms with E-state index in [1.165, 1.54) is 31.4 Å². The van der Waals surface area contributed by atoms with E-state index < -0.39 is 5.97 Å². The molecule has 2 unspecified atom stereocenters. The van der Waals surface area contributed by atoms with E-state index in [-0.39, 0.29) is 17.9 Å². The Hall–Kier alpha value is -1.88. The minimum absolute atomic E-state index is 0.118. The fourth-order valence-electron chi connectivity index (χ4n) is 2.99. The van der Waals surface area contributed by atoms with Crippen LogP contribution in [-0.2, 0) is 16.0 Å². The summed E-state index contributed by atoms with van der Waals surface area (Å²) < 4.78 is 5.85. The van der Waals surface area contributed by atoms with Crippen LogP contribution in [0.1, 0.15) is 48.5 Å². The molecule has 126 valence electrons. The summed E-state index contributed by atoms with van der Waals surface area (Å²) >= 11 is 0. The molecule has 2 atom stereocenters. The van der Waals surface area contributed by atoms with E-state index in [0.29, 0.717) is 30.7 Å². The van der Waals surface area contributed by atoms with Crippen LogP contribution in [0.3, 0.4) is 0 Å². The summed E-state index contributed by atoms with van der Waals surface area (Å²) in [5, 5.41) is 11.8. The van der Waals surface area contributed by atoms with E-state index >= 15 is 0 Å². The van der Waals surface area contributed by atoms with Gasteiger partial charge in [0.05, 0.1) is 24.7 Å². The molecule has 0 spiro atoms. The number of hydrogen-bond acceptors (Lipinski definition) is 3. The molecule has 23 heavy (non-hydrogen) atoms. The zero-order valence-corrected chi connectivity index (χ0v) is 13.6. The summed E-state index contributed by atoms with van der Waals surface area (Å²) in [4.78, 5) is 22.8. The van der Waals surface area contributed by atoms with Crippen molar-refractivity contribution in [3.63, 3.8) is 0 Å². The third-order valence-corrected chi connectivity index (χ3v) is 4.33.